The molecule has 0 aromatic heterocycles. The fourth-order valence-corrected chi connectivity index (χ4v) is 1.70. The van der Waals surface area contributed by atoms with Gasteiger partial charge in [-0.25, -0.2) is 8.96 Å². The van der Waals surface area contributed by atoms with Crippen molar-refractivity contribution < 1.29 is 43.3 Å². The fourth-order valence-electron chi connectivity index (χ4n) is 1.27. The van der Waals surface area contributed by atoms with Crippen molar-refractivity contribution in [1.29, 1.82) is 0 Å². The van der Waals surface area contributed by atoms with Gasteiger partial charge in [0.2, 0.25) is 6.29 Å². The summed E-state index contributed by atoms with van der Waals surface area (Å²) in [7, 11) is -4.99. The van der Waals surface area contributed by atoms with E-state index in [1.54, 1.807) is 0 Å². The van der Waals surface area contributed by atoms with Crippen LogP contribution in [-0.4, -0.2) is 62.5 Å². The first kappa shape index (κ1) is 13.9. The molecule has 1 fully saturated rings. The third-order valence-electron chi connectivity index (χ3n) is 2.05. The van der Waals surface area contributed by atoms with Gasteiger partial charge in [0.05, 0.1) is 6.61 Å². The quantitative estimate of drug-likeness (QED) is 0.364. The molecule has 1 aliphatic heterocycles. The molecule has 8 nitrogen and oxygen atoms in total. The fraction of sp³-hybridized carbons (Fsp3) is 1.00. The second-order valence-electron chi connectivity index (χ2n) is 3.25. The third-order valence-corrected chi connectivity index (χ3v) is 2.53. The van der Waals surface area contributed by atoms with Crippen molar-refractivity contribution in [3.8, 4) is 0 Å². The van der Waals surface area contributed by atoms with E-state index in [4.69, 9.17) is 20.0 Å². The number of aliphatic hydroxyl groups is 3. The number of rotatable bonds is 3. The largest absolute Gasteiger partial charge is 0.472 e. The van der Waals surface area contributed by atoms with Crippen LogP contribution in [0.15, 0.2) is 0 Å². The summed E-state index contributed by atoms with van der Waals surface area (Å²) < 4.78 is 32.2. The highest BCUT2D eigenvalue weighted by molar-refractivity contribution is 7.46. The molecule has 5 atom stereocenters. The molecule has 0 bridgehead atoms. The van der Waals surface area contributed by atoms with Crippen molar-refractivity contribution in [2.24, 2.45) is 0 Å². The first-order valence-electron chi connectivity index (χ1n) is 4.26. The van der Waals surface area contributed by atoms with E-state index in [1.807, 2.05) is 0 Å². The van der Waals surface area contributed by atoms with Gasteiger partial charge in [0.25, 0.3) is 0 Å². The van der Waals surface area contributed by atoms with E-state index in [2.05, 4.69) is 9.26 Å². The molecule has 0 amide bonds. The van der Waals surface area contributed by atoms with Crippen LogP contribution in [-0.2, 0) is 13.8 Å². The topological polar surface area (TPSA) is 137 Å². The average molecular weight is 262 g/mol. The van der Waals surface area contributed by atoms with Crippen LogP contribution in [0, 0.1) is 0 Å². The Morgan fingerprint density at radius 1 is 1.31 bits per heavy atom. The number of halogens is 1. The molecule has 1 rings (SSSR count). The Balaban J connectivity index is 2.75. The monoisotopic (exact) mass is 262 g/mol. The molecule has 0 spiro atoms. The molecular formula is C6H12FO8P. The highest BCUT2D eigenvalue weighted by atomic mass is 31.2. The number of alkyl halides is 1. The number of aliphatic hydroxyl groups excluding tert-OH is 3. The van der Waals surface area contributed by atoms with Crippen molar-refractivity contribution in [3.63, 3.8) is 0 Å². The Morgan fingerprint density at radius 3 is 2.31 bits per heavy atom. The molecule has 0 unspecified atom stereocenters. The first-order chi connectivity index (χ1) is 7.26. The van der Waals surface area contributed by atoms with Crippen molar-refractivity contribution in [2.45, 2.75) is 30.8 Å². The van der Waals surface area contributed by atoms with Gasteiger partial charge in [0, 0.05) is 0 Å². The summed E-state index contributed by atoms with van der Waals surface area (Å²) in [5.74, 6) is 0. The molecule has 16 heavy (non-hydrogen) atoms. The zero-order chi connectivity index (χ0) is 12.5. The lowest BCUT2D eigenvalue weighted by Gasteiger charge is -2.38. The molecular weight excluding hydrogens is 250 g/mol. The maximum absolute atomic E-state index is 13.2. The van der Waals surface area contributed by atoms with Crippen molar-refractivity contribution in [3.05, 3.63) is 0 Å². The van der Waals surface area contributed by atoms with E-state index in [1.165, 1.54) is 0 Å². The van der Waals surface area contributed by atoms with Crippen LogP contribution in [0.3, 0.4) is 0 Å². The van der Waals surface area contributed by atoms with Crippen LogP contribution in [0.1, 0.15) is 0 Å². The summed E-state index contributed by atoms with van der Waals surface area (Å²) in [6.45, 7) is -0.758. The second-order valence-corrected chi connectivity index (χ2v) is 4.44. The number of hydrogen-bond donors (Lipinski definition) is 5. The molecule has 0 aromatic carbocycles. The van der Waals surface area contributed by atoms with Crippen LogP contribution >= 0.6 is 7.82 Å². The molecule has 0 saturated carbocycles. The summed E-state index contributed by atoms with van der Waals surface area (Å²) in [5, 5.41) is 27.1. The van der Waals surface area contributed by atoms with E-state index in [0.29, 0.717) is 0 Å². The van der Waals surface area contributed by atoms with Gasteiger partial charge in [0.15, 0.2) is 6.17 Å². The minimum absolute atomic E-state index is 0.758. The van der Waals surface area contributed by atoms with Crippen LogP contribution in [0.4, 0.5) is 4.39 Å². The Bertz CT molecular complexity index is 280. The smallest absolute Gasteiger partial charge is 0.394 e. The van der Waals surface area contributed by atoms with Crippen molar-refractivity contribution in [1.82, 2.24) is 0 Å². The number of ether oxygens (including phenoxy) is 1. The maximum atomic E-state index is 13.2. The van der Waals surface area contributed by atoms with Crippen molar-refractivity contribution >= 4 is 7.82 Å². The molecule has 0 aromatic rings. The zero-order valence-electron chi connectivity index (χ0n) is 7.88. The van der Waals surface area contributed by atoms with Gasteiger partial charge in [-0.1, -0.05) is 0 Å². The maximum Gasteiger partial charge on any atom is 0.472 e. The van der Waals surface area contributed by atoms with Gasteiger partial charge in [-0.2, -0.15) is 0 Å². The predicted octanol–water partition coefficient (Wildman–Crippen LogP) is -2.13. The van der Waals surface area contributed by atoms with Gasteiger partial charge in [0.1, 0.15) is 18.3 Å². The summed E-state index contributed by atoms with van der Waals surface area (Å²) in [5.41, 5.74) is 0. The molecule has 96 valence electrons. The van der Waals surface area contributed by atoms with Gasteiger partial charge in [-0.15, -0.1) is 0 Å². The molecule has 10 heteroatoms. The average Bonchev–Trinajstić information content (AvgIpc) is 2.17. The molecule has 0 aliphatic carbocycles. The Kier molecular flexibility index (Phi) is 4.38. The highest BCUT2D eigenvalue weighted by Crippen LogP contribution is 2.41. The van der Waals surface area contributed by atoms with Crippen LogP contribution in [0.25, 0.3) is 0 Å². The molecule has 1 saturated heterocycles. The Hall–Kier alpha value is -0.120. The molecule has 1 aliphatic rings. The van der Waals surface area contributed by atoms with E-state index in [9.17, 15) is 14.1 Å². The molecule has 1 heterocycles. The Labute approximate surface area is 89.5 Å². The summed E-state index contributed by atoms with van der Waals surface area (Å²) >= 11 is 0. The first-order valence-corrected chi connectivity index (χ1v) is 5.79. The summed E-state index contributed by atoms with van der Waals surface area (Å²) in [6, 6.07) is 0. The SMILES string of the molecule is O=P(O)(O)O[C@H]1O[C@H](CO)[C@@H](O)[C@H](O)[C@@H]1F. The second kappa shape index (κ2) is 5.03. The van der Waals surface area contributed by atoms with E-state index < -0.39 is 45.2 Å². The number of hydrogen-bond acceptors (Lipinski definition) is 6. The molecule has 5 N–H and O–H groups in total. The lowest BCUT2D eigenvalue weighted by atomic mass is 10.0. The number of phosphoric ester groups is 1. The van der Waals surface area contributed by atoms with Gasteiger partial charge >= 0.3 is 7.82 Å². The van der Waals surface area contributed by atoms with Crippen LogP contribution in [0.2, 0.25) is 0 Å². The minimum atomic E-state index is -4.99. The standard InChI is InChI=1S/C6H12FO8P/c7-3-5(10)4(9)2(1-8)14-6(3)15-16(11,12)13/h2-6,8-10H,1H2,(H2,11,12,13)/t2-,3+,4-,5-,6-/m1/s1. The van der Waals surface area contributed by atoms with Crippen LogP contribution in [0.5, 0.6) is 0 Å². The zero-order valence-corrected chi connectivity index (χ0v) is 8.77. The highest BCUT2D eigenvalue weighted by Gasteiger charge is 2.47. The summed E-state index contributed by atoms with van der Waals surface area (Å²) in [6.07, 6.45) is -9.40. The Morgan fingerprint density at radius 2 is 1.88 bits per heavy atom. The molecule has 0 radical (unpaired) electrons. The van der Waals surface area contributed by atoms with Gasteiger partial charge in [-0.05, 0) is 0 Å². The van der Waals surface area contributed by atoms with E-state index >= 15 is 0 Å². The lowest BCUT2D eigenvalue weighted by Crippen LogP contribution is -2.57. The van der Waals surface area contributed by atoms with E-state index in [0.717, 1.165) is 0 Å². The predicted molar refractivity (Wildman–Crippen MR) is 45.8 cm³/mol. The number of phosphoric acid groups is 1. The van der Waals surface area contributed by atoms with Gasteiger partial charge in [-0.3, -0.25) is 4.52 Å². The van der Waals surface area contributed by atoms with Crippen molar-refractivity contribution in [2.75, 3.05) is 6.61 Å². The normalized spacial score (nSPS) is 41.0. The summed E-state index contributed by atoms with van der Waals surface area (Å²) in [4.78, 5) is 16.9. The van der Waals surface area contributed by atoms with Crippen LogP contribution < -0.4 is 0 Å². The lowest BCUT2D eigenvalue weighted by molar-refractivity contribution is -0.265. The minimum Gasteiger partial charge on any atom is -0.394 e. The third kappa shape index (κ3) is 3.19. The van der Waals surface area contributed by atoms with E-state index in [-0.39, 0.29) is 0 Å². The van der Waals surface area contributed by atoms with Gasteiger partial charge < -0.3 is 29.8 Å².